The highest BCUT2D eigenvalue weighted by molar-refractivity contribution is 6.28. The Bertz CT molecular complexity index is 486. The van der Waals surface area contributed by atoms with Crippen molar-refractivity contribution in [3.8, 4) is 0 Å². The lowest BCUT2D eigenvalue weighted by Crippen LogP contribution is -2.34. The van der Waals surface area contributed by atoms with Gasteiger partial charge in [0.15, 0.2) is 0 Å². The summed E-state index contributed by atoms with van der Waals surface area (Å²) < 4.78 is 0. The first-order chi connectivity index (χ1) is 10.1. The molecule has 2 N–H and O–H groups in total. The molecule has 1 saturated heterocycles. The van der Waals surface area contributed by atoms with E-state index in [0.29, 0.717) is 18.4 Å². The van der Waals surface area contributed by atoms with Gasteiger partial charge in [-0.3, -0.25) is 0 Å². The number of aromatic nitrogens is 3. The van der Waals surface area contributed by atoms with E-state index >= 15 is 0 Å². The van der Waals surface area contributed by atoms with Crippen molar-refractivity contribution in [1.29, 1.82) is 0 Å². The summed E-state index contributed by atoms with van der Waals surface area (Å²) in [5.41, 5.74) is -0.635. The molecule has 21 heavy (non-hydrogen) atoms. The largest absolute Gasteiger partial charge is 0.388 e. The predicted octanol–water partition coefficient (Wildman–Crippen LogP) is 2.23. The van der Waals surface area contributed by atoms with Gasteiger partial charge in [-0.05, 0) is 43.7 Å². The minimum absolute atomic E-state index is 0.200. The van der Waals surface area contributed by atoms with E-state index in [1.165, 1.54) is 6.42 Å². The number of aliphatic hydroxyl groups is 1. The van der Waals surface area contributed by atoms with Crippen LogP contribution in [0, 0.1) is 0 Å². The van der Waals surface area contributed by atoms with Crippen molar-refractivity contribution in [2.45, 2.75) is 50.5 Å². The summed E-state index contributed by atoms with van der Waals surface area (Å²) in [7, 11) is 0. The molecule has 1 aromatic heterocycles. The highest BCUT2D eigenvalue weighted by atomic mass is 35.5. The van der Waals surface area contributed by atoms with Gasteiger partial charge in [-0.2, -0.15) is 15.0 Å². The molecule has 0 bridgehead atoms. The minimum atomic E-state index is -0.635. The number of hydrogen-bond acceptors (Lipinski definition) is 6. The van der Waals surface area contributed by atoms with E-state index in [1.807, 2.05) is 0 Å². The van der Waals surface area contributed by atoms with Crippen LogP contribution in [-0.4, -0.2) is 45.3 Å². The third-order valence-corrected chi connectivity index (χ3v) is 4.51. The molecule has 0 atom stereocenters. The van der Waals surface area contributed by atoms with Gasteiger partial charge < -0.3 is 15.3 Å². The standard InChI is InChI=1S/C14H22ClN5O/c15-11-17-12(16-10-14(21)6-2-3-7-14)19-13(18-11)20-8-4-1-5-9-20/h21H,1-10H2,(H,16,17,18,19). The van der Waals surface area contributed by atoms with Gasteiger partial charge in [0.1, 0.15) is 0 Å². The molecule has 1 saturated carbocycles. The van der Waals surface area contributed by atoms with Crippen LogP contribution in [0.2, 0.25) is 5.28 Å². The summed E-state index contributed by atoms with van der Waals surface area (Å²) in [5.74, 6) is 1.09. The smallest absolute Gasteiger partial charge is 0.231 e. The molecule has 0 unspecified atom stereocenters. The molecule has 2 heterocycles. The Labute approximate surface area is 130 Å². The van der Waals surface area contributed by atoms with Crippen LogP contribution in [0.1, 0.15) is 44.9 Å². The fourth-order valence-electron chi connectivity index (χ4n) is 3.11. The van der Waals surface area contributed by atoms with Crippen molar-refractivity contribution in [3.05, 3.63) is 5.28 Å². The lowest BCUT2D eigenvalue weighted by atomic mass is 10.0. The number of halogens is 1. The van der Waals surface area contributed by atoms with E-state index in [4.69, 9.17) is 11.6 Å². The van der Waals surface area contributed by atoms with Crippen molar-refractivity contribution in [1.82, 2.24) is 15.0 Å². The Balaban J connectivity index is 1.68. The molecule has 3 rings (SSSR count). The van der Waals surface area contributed by atoms with E-state index in [0.717, 1.165) is 51.6 Å². The first-order valence-corrected chi connectivity index (χ1v) is 8.15. The third-order valence-electron chi connectivity index (χ3n) is 4.35. The molecule has 1 aromatic rings. The maximum absolute atomic E-state index is 10.4. The molecule has 2 aliphatic rings. The summed E-state index contributed by atoms with van der Waals surface area (Å²) in [5, 5.41) is 13.7. The topological polar surface area (TPSA) is 74.2 Å². The van der Waals surface area contributed by atoms with Crippen LogP contribution >= 0.6 is 11.6 Å². The van der Waals surface area contributed by atoms with E-state index in [9.17, 15) is 5.11 Å². The lowest BCUT2D eigenvalue weighted by Gasteiger charge is -2.27. The summed E-state index contributed by atoms with van der Waals surface area (Å²) in [6, 6.07) is 0. The number of rotatable bonds is 4. The van der Waals surface area contributed by atoms with Gasteiger partial charge in [0.25, 0.3) is 0 Å². The van der Waals surface area contributed by atoms with Crippen molar-refractivity contribution in [2.75, 3.05) is 29.9 Å². The third kappa shape index (κ3) is 3.74. The van der Waals surface area contributed by atoms with Crippen LogP contribution in [0.25, 0.3) is 0 Å². The number of anilines is 2. The molecule has 0 amide bonds. The van der Waals surface area contributed by atoms with Crippen molar-refractivity contribution in [3.63, 3.8) is 0 Å². The van der Waals surface area contributed by atoms with Gasteiger partial charge in [-0.1, -0.05) is 12.8 Å². The quantitative estimate of drug-likeness (QED) is 0.888. The normalized spacial score (nSPS) is 21.5. The molecule has 1 aliphatic heterocycles. The molecule has 2 fully saturated rings. The Morgan fingerprint density at radius 2 is 1.76 bits per heavy atom. The zero-order valence-corrected chi connectivity index (χ0v) is 12.9. The van der Waals surface area contributed by atoms with Gasteiger partial charge >= 0.3 is 0 Å². The average Bonchev–Trinajstić information content (AvgIpc) is 2.93. The zero-order valence-electron chi connectivity index (χ0n) is 12.2. The first-order valence-electron chi connectivity index (χ1n) is 7.77. The molecule has 7 heteroatoms. The maximum Gasteiger partial charge on any atom is 0.231 e. The van der Waals surface area contributed by atoms with Crippen LogP contribution in [-0.2, 0) is 0 Å². The van der Waals surface area contributed by atoms with Crippen LogP contribution in [0.5, 0.6) is 0 Å². The van der Waals surface area contributed by atoms with E-state index in [2.05, 4.69) is 25.2 Å². The zero-order chi connectivity index (χ0) is 14.7. The number of nitrogens with one attached hydrogen (secondary N) is 1. The summed E-state index contributed by atoms with van der Waals surface area (Å²) >= 11 is 6.01. The predicted molar refractivity (Wildman–Crippen MR) is 82.8 cm³/mol. The van der Waals surface area contributed by atoms with Crippen molar-refractivity contribution < 1.29 is 5.11 Å². The van der Waals surface area contributed by atoms with Crippen molar-refractivity contribution >= 4 is 23.5 Å². The molecule has 0 aromatic carbocycles. The fraction of sp³-hybridized carbons (Fsp3) is 0.786. The second kappa shape index (κ2) is 6.32. The summed E-state index contributed by atoms with van der Waals surface area (Å²) in [4.78, 5) is 14.9. The molecule has 0 spiro atoms. The maximum atomic E-state index is 10.4. The Morgan fingerprint density at radius 1 is 1.05 bits per heavy atom. The Hall–Kier alpha value is -1.14. The molecule has 6 nitrogen and oxygen atoms in total. The number of nitrogens with zero attached hydrogens (tertiary/aromatic N) is 4. The monoisotopic (exact) mass is 311 g/mol. The van der Waals surface area contributed by atoms with E-state index in [1.54, 1.807) is 0 Å². The van der Waals surface area contributed by atoms with Crippen LogP contribution < -0.4 is 10.2 Å². The first kappa shape index (κ1) is 14.8. The Morgan fingerprint density at radius 3 is 2.48 bits per heavy atom. The van der Waals surface area contributed by atoms with Crippen LogP contribution in [0.4, 0.5) is 11.9 Å². The van der Waals surface area contributed by atoms with Crippen LogP contribution in [0.3, 0.4) is 0 Å². The van der Waals surface area contributed by atoms with Crippen LogP contribution in [0.15, 0.2) is 0 Å². The summed E-state index contributed by atoms with van der Waals surface area (Å²) in [6.45, 7) is 2.39. The van der Waals surface area contributed by atoms with E-state index < -0.39 is 5.60 Å². The summed E-state index contributed by atoms with van der Waals surface area (Å²) in [6.07, 6.45) is 7.39. The number of hydrogen-bond donors (Lipinski definition) is 2. The Kier molecular flexibility index (Phi) is 4.45. The molecular weight excluding hydrogens is 290 g/mol. The van der Waals surface area contributed by atoms with Gasteiger partial charge in [0.2, 0.25) is 17.2 Å². The molecule has 0 radical (unpaired) electrons. The van der Waals surface area contributed by atoms with Gasteiger partial charge in [-0.25, -0.2) is 0 Å². The number of piperidine rings is 1. The van der Waals surface area contributed by atoms with Gasteiger partial charge in [-0.15, -0.1) is 0 Å². The fourth-order valence-corrected chi connectivity index (χ4v) is 3.26. The molecule has 1 aliphatic carbocycles. The van der Waals surface area contributed by atoms with Gasteiger partial charge in [0.05, 0.1) is 5.60 Å². The van der Waals surface area contributed by atoms with Gasteiger partial charge in [0, 0.05) is 19.6 Å². The second-order valence-electron chi connectivity index (χ2n) is 6.06. The second-order valence-corrected chi connectivity index (χ2v) is 6.40. The van der Waals surface area contributed by atoms with E-state index in [-0.39, 0.29) is 5.28 Å². The molecule has 116 valence electrons. The SMILES string of the molecule is OC1(CNc2nc(Cl)nc(N3CCCCC3)n2)CCCC1. The average molecular weight is 312 g/mol. The minimum Gasteiger partial charge on any atom is -0.388 e. The lowest BCUT2D eigenvalue weighted by molar-refractivity contribution is 0.0613. The van der Waals surface area contributed by atoms with Crippen molar-refractivity contribution in [2.24, 2.45) is 0 Å². The highest BCUT2D eigenvalue weighted by Gasteiger charge is 2.31. The highest BCUT2D eigenvalue weighted by Crippen LogP contribution is 2.29. The molecular formula is C14H22ClN5O.